The van der Waals surface area contributed by atoms with Gasteiger partial charge in [-0.1, -0.05) is 30.3 Å². The van der Waals surface area contributed by atoms with Gasteiger partial charge in [0.1, 0.15) is 5.01 Å². The molecule has 3 rings (SSSR count). The molecule has 0 atom stereocenters. The average molecular weight is 370 g/mol. The van der Waals surface area contributed by atoms with E-state index in [1.165, 1.54) is 5.56 Å². The Balaban J connectivity index is 1.75. The Kier molecular flexibility index (Phi) is 6.09. The van der Waals surface area contributed by atoms with Crippen molar-refractivity contribution in [1.29, 1.82) is 0 Å². The molecule has 0 radical (unpaired) electrons. The highest BCUT2D eigenvalue weighted by Crippen LogP contribution is 2.45. The molecule has 0 saturated carbocycles. The van der Waals surface area contributed by atoms with Gasteiger partial charge < -0.3 is 19.5 Å². The van der Waals surface area contributed by atoms with Crippen LogP contribution in [0.1, 0.15) is 10.6 Å². The molecule has 3 aromatic rings. The van der Waals surface area contributed by atoms with Crippen LogP contribution in [0.3, 0.4) is 0 Å². The molecular formula is C20H22N2O3S. The average Bonchev–Trinajstić information content (AvgIpc) is 3.16. The summed E-state index contributed by atoms with van der Waals surface area (Å²) < 4.78 is 16.4. The van der Waals surface area contributed by atoms with E-state index in [0.717, 1.165) is 28.5 Å². The van der Waals surface area contributed by atoms with Gasteiger partial charge in [0.05, 0.1) is 26.2 Å². The van der Waals surface area contributed by atoms with Gasteiger partial charge in [0, 0.05) is 24.8 Å². The highest BCUT2D eigenvalue weighted by molar-refractivity contribution is 7.15. The lowest BCUT2D eigenvalue weighted by molar-refractivity contribution is 0.325. The lowest BCUT2D eigenvalue weighted by Gasteiger charge is -2.14. The molecule has 0 aliphatic heterocycles. The SMILES string of the molecule is COc1ccc(-c2cnc(CNCc3ccccc3)s2)c(OC)c1OC. The van der Waals surface area contributed by atoms with Crippen molar-refractivity contribution in [3.8, 4) is 27.7 Å². The van der Waals surface area contributed by atoms with E-state index in [4.69, 9.17) is 14.2 Å². The molecule has 136 valence electrons. The quantitative estimate of drug-likeness (QED) is 0.646. The number of ether oxygens (including phenoxy) is 3. The summed E-state index contributed by atoms with van der Waals surface area (Å²) in [5.41, 5.74) is 2.20. The number of hydrogen-bond donors (Lipinski definition) is 1. The van der Waals surface area contributed by atoms with Crippen LogP contribution in [-0.2, 0) is 13.1 Å². The van der Waals surface area contributed by atoms with Crippen molar-refractivity contribution in [2.75, 3.05) is 21.3 Å². The van der Waals surface area contributed by atoms with Crippen molar-refractivity contribution in [2.24, 2.45) is 0 Å². The zero-order valence-corrected chi connectivity index (χ0v) is 15.9. The third kappa shape index (κ3) is 3.98. The minimum Gasteiger partial charge on any atom is -0.493 e. The maximum atomic E-state index is 5.57. The molecule has 0 aliphatic rings. The van der Waals surface area contributed by atoms with Crippen LogP contribution in [0.5, 0.6) is 17.2 Å². The Morgan fingerprint density at radius 3 is 2.35 bits per heavy atom. The Morgan fingerprint density at radius 1 is 0.885 bits per heavy atom. The van der Waals surface area contributed by atoms with Crippen LogP contribution in [0.15, 0.2) is 48.7 Å². The maximum Gasteiger partial charge on any atom is 0.203 e. The summed E-state index contributed by atoms with van der Waals surface area (Å²) in [5, 5.41) is 4.45. The van der Waals surface area contributed by atoms with Gasteiger partial charge in [-0.2, -0.15) is 0 Å². The largest absolute Gasteiger partial charge is 0.493 e. The smallest absolute Gasteiger partial charge is 0.203 e. The van der Waals surface area contributed by atoms with E-state index in [0.29, 0.717) is 17.2 Å². The first-order chi connectivity index (χ1) is 12.8. The summed E-state index contributed by atoms with van der Waals surface area (Å²) in [5.74, 6) is 1.88. The molecule has 1 heterocycles. The van der Waals surface area contributed by atoms with Crippen LogP contribution >= 0.6 is 11.3 Å². The van der Waals surface area contributed by atoms with Gasteiger partial charge in [0.15, 0.2) is 11.5 Å². The molecule has 0 fully saturated rings. The van der Waals surface area contributed by atoms with E-state index >= 15 is 0 Å². The van der Waals surface area contributed by atoms with Crippen molar-refractivity contribution in [3.63, 3.8) is 0 Å². The zero-order valence-electron chi connectivity index (χ0n) is 15.1. The number of benzene rings is 2. The number of hydrogen-bond acceptors (Lipinski definition) is 6. The molecule has 26 heavy (non-hydrogen) atoms. The predicted octanol–water partition coefficient (Wildman–Crippen LogP) is 4.13. The normalized spacial score (nSPS) is 10.6. The molecule has 2 aromatic carbocycles. The fraction of sp³-hybridized carbons (Fsp3) is 0.250. The first-order valence-corrected chi connectivity index (χ1v) is 9.07. The van der Waals surface area contributed by atoms with Gasteiger partial charge in [0.25, 0.3) is 0 Å². The second-order valence-corrected chi connectivity index (χ2v) is 6.70. The molecular weight excluding hydrogens is 348 g/mol. The predicted molar refractivity (Wildman–Crippen MR) is 104 cm³/mol. The number of nitrogens with one attached hydrogen (secondary N) is 1. The molecule has 0 amide bonds. The topological polar surface area (TPSA) is 52.6 Å². The third-order valence-corrected chi connectivity index (χ3v) is 5.00. The minimum atomic E-state index is 0.588. The van der Waals surface area contributed by atoms with Gasteiger partial charge in [0.2, 0.25) is 5.75 Å². The summed E-state index contributed by atoms with van der Waals surface area (Å²) in [4.78, 5) is 5.55. The van der Waals surface area contributed by atoms with E-state index in [1.807, 2.05) is 36.5 Å². The molecule has 1 N–H and O–H groups in total. The second-order valence-electron chi connectivity index (χ2n) is 5.59. The number of methoxy groups -OCH3 is 3. The maximum absolute atomic E-state index is 5.57. The fourth-order valence-electron chi connectivity index (χ4n) is 2.72. The fourth-order valence-corrected chi connectivity index (χ4v) is 3.63. The van der Waals surface area contributed by atoms with Gasteiger partial charge in [-0.15, -0.1) is 11.3 Å². The Hall–Kier alpha value is -2.57. The van der Waals surface area contributed by atoms with Crippen LogP contribution in [0.25, 0.3) is 10.4 Å². The summed E-state index contributed by atoms with van der Waals surface area (Å²) in [6.45, 7) is 1.53. The van der Waals surface area contributed by atoms with Crippen LogP contribution in [0.2, 0.25) is 0 Å². The van der Waals surface area contributed by atoms with Crippen LogP contribution in [-0.4, -0.2) is 26.3 Å². The molecule has 0 unspecified atom stereocenters. The van der Waals surface area contributed by atoms with E-state index < -0.39 is 0 Å². The Labute approximate surface area is 157 Å². The Morgan fingerprint density at radius 2 is 1.65 bits per heavy atom. The number of rotatable bonds is 8. The van der Waals surface area contributed by atoms with Crippen molar-refractivity contribution in [1.82, 2.24) is 10.3 Å². The molecule has 6 heteroatoms. The number of thiazole rings is 1. The lowest BCUT2D eigenvalue weighted by Crippen LogP contribution is -2.12. The highest BCUT2D eigenvalue weighted by atomic mass is 32.1. The summed E-state index contributed by atoms with van der Waals surface area (Å²) in [6.07, 6.45) is 1.87. The minimum absolute atomic E-state index is 0.588. The van der Waals surface area contributed by atoms with Gasteiger partial charge in [-0.05, 0) is 17.7 Å². The first-order valence-electron chi connectivity index (χ1n) is 8.25. The lowest BCUT2D eigenvalue weighted by atomic mass is 10.1. The van der Waals surface area contributed by atoms with Crippen LogP contribution in [0, 0.1) is 0 Å². The van der Waals surface area contributed by atoms with Crippen molar-refractivity contribution < 1.29 is 14.2 Å². The van der Waals surface area contributed by atoms with E-state index in [2.05, 4.69) is 22.4 Å². The van der Waals surface area contributed by atoms with E-state index in [-0.39, 0.29) is 0 Å². The number of nitrogens with zero attached hydrogens (tertiary/aromatic N) is 1. The summed E-state index contributed by atoms with van der Waals surface area (Å²) >= 11 is 1.63. The summed E-state index contributed by atoms with van der Waals surface area (Å²) in [7, 11) is 4.85. The zero-order chi connectivity index (χ0) is 18.4. The molecule has 0 aliphatic carbocycles. The van der Waals surface area contributed by atoms with E-state index in [1.54, 1.807) is 32.7 Å². The van der Waals surface area contributed by atoms with Crippen molar-refractivity contribution in [3.05, 3.63) is 59.2 Å². The molecule has 0 spiro atoms. The number of aromatic nitrogens is 1. The van der Waals surface area contributed by atoms with Crippen LogP contribution in [0.4, 0.5) is 0 Å². The first kappa shape index (κ1) is 18.2. The van der Waals surface area contributed by atoms with Crippen LogP contribution < -0.4 is 19.5 Å². The molecule has 0 bridgehead atoms. The van der Waals surface area contributed by atoms with Crippen molar-refractivity contribution >= 4 is 11.3 Å². The molecule has 1 aromatic heterocycles. The van der Waals surface area contributed by atoms with E-state index in [9.17, 15) is 0 Å². The van der Waals surface area contributed by atoms with Gasteiger partial charge in [-0.3, -0.25) is 0 Å². The summed E-state index contributed by atoms with van der Waals surface area (Å²) in [6, 6.07) is 14.2. The second kappa shape index (κ2) is 8.69. The monoisotopic (exact) mass is 370 g/mol. The van der Waals surface area contributed by atoms with Gasteiger partial charge >= 0.3 is 0 Å². The molecule has 5 nitrogen and oxygen atoms in total. The Bertz CT molecular complexity index is 850. The standard InChI is InChI=1S/C20H22N2O3S/c1-23-16-10-9-15(19(24-2)20(16)25-3)17-12-22-18(26-17)13-21-11-14-7-5-4-6-8-14/h4-10,12,21H,11,13H2,1-3H3. The highest BCUT2D eigenvalue weighted by Gasteiger charge is 2.18. The van der Waals surface area contributed by atoms with Gasteiger partial charge in [-0.25, -0.2) is 4.98 Å². The molecule has 0 saturated heterocycles. The van der Waals surface area contributed by atoms with Crippen molar-refractivity contribution in [2.45, 2.75) is 13.1 Å². The third-order valence-electron chi connectivity index (χ3n) is 3.97.